The first-order valence-corrected chi connectivity index (χ1v) is 7.75. The number of aromatic nitrogens is 2. The SMILES string of the molecule is CC(O)COc1ccc(-c2cn3cc(I)ccc3n2)cc1. The van der Waals surface area contributed by atoms with Crippen molar-refractivity contribution in [2.75, 3.05) is 6.61 Å². The Labute approximate surface area is 136 Å². The third kappa shape index (κ3) is 3.36. The minimum Gasteiger partial charge on any atom is -0.491 e. The van der Waals surface area contributed by atoms with Crippen molar-refractivity contribution in [1.82, 2.24) is 9.38 Å². The molecule has 0 aliphatic rings. The van der Waals surface area contributed by atoms with E-state index >= 15 is 0 Å². The summed E-state index contributed by atoms with van der Waals surface area (Å²) in [6.45, 7) is 2.00. The van der Waals surface area contributed by atoms with E-state index in [1.165, 1.54) is 3.57 Å². The zero-order valence-corrected chi connectivity index (χ0v) is 13.7. The molecule has 1 unspecified atom stereocenters. The highest BCUT2D eigenvalue weighted by atomic mass is 127. The van der Waals surface area contributed by atoms with Crippen LogP contribution in [0, 0.1) is 3.57 Å². The van der Waals surface area contributed by atoms with Crippen molar-refractivity contribution >= 4 is 28.2 Å². The second-order valence-corrected chi connectivity index (χ2v) is 6.17. The maximum absolute atomic E-state index is 9.21. The highest BCUT2D eigenvalue weighted by Gasteiger charge is 2.05. The van der Waals surface area contributed by atoms with E-state index in [1.807, 2.05) is 53.2 Å². The van der Waals surface area contributed by atoms with Gasteiger partial charge in [0.05, 0.1) is 11.8 Å². The first kappa shape index (κ1) is 14.3. The zero-order chi connectivity index (χ0) is 14.8. The molecule has 0 aliphatic heterocycles. The van der Waals surface area contributed by atoms with Crippen LogP contribution in [-0.2, 0) is 0 Å². The van der Waals surface area contributed by atoms with E-state index in [9.17, 15) is 5.11 Å². The Hall–Kier alpha value is -1.60. The molecule has 3 rings (SSSR count). The number of ether oxygens (including phenoxy) is 1. The Kier molecular flexibility index (Phi) is 4.12. The average molecular weight is 394 g/mol. The van der Waals surface area contributed by atoms with Crippen LogP contribution in [0.1, 0.15) is 6.92 Å². The number of benzene rings is 1. The lowest BCUT2D eigenvalue weighted by Gasteiger charge is -2.08. The zero-order valence-electron chi connectivity index (χ0n) is 11.5. The van der Waals surface area contributed by atoms with Gasteiger partial charge in [-0.1, -0.05) is 0 Å². The van der Waals surface area contributed by atoms with E-state index in [4.69, 9.17) is 4.74 Å². The van der Waals surface area contributed by atoms with Crippen LogP contribution in [0.2, 0.25) is 0 Å². The molecule has 0 saturated carbocycles. The van der Waals surface area contributed by atoms with Gasteiger partial charge >= 0.3 is 0 Å². The van der Waals surface area contributed by atoms with Gasteiger partial charge in [0.15, 0.2) is 0 Å². The number of aliphatic hydroxyl groups is 1. The summed E-state index contributed by atoms with van der Waals surface area (Å²) in [5.74, 6) is 0.748. The molecule has 1 aromatic carbocycles. The van der Waals surface area contributed by atoms with E-state index < -0.39 is 6.10 Å². The molecular weight excluding hydrogens is 379 g/mol. The van der Waals surface area contributed by atoms with Gasteiger partial charge in [-0.15, -0.1) is 0 Å². The molecular formula is C16H15IN2O2. The smallest absolute Gasteiger partial charge is 0.137 e. The summed E-state index contributed by atoms with van der Waals surface area (Å²) >= 11 is 2.28. The number of pyridine rings is 1. The van der Waals surface area contributed by atoms with Crippen LogP contribution in [-0.4, -0.2) is 27.2 Å². The molecule has 2 aromatic heterocycles. The minimum atomic E-state index is -0.467. The largest absolute Gasteiger partial charge is 0.491 e. The topological polar surface area (TPSA) is 46.8 Å². The molecule has 0 amide bonds. The summed E-state index contributed by atoms with van der Waals surface area (Å²) in [5.41, 5.74) is 2.90. The lowest BCUT2D eigenvalue weighted by molar-refractivity contribution is 0.123. The normalized spacial score (nSPS) is 12.5. The summed E-state index contributed by atoms with van der Waals surface area (Å²) < 4.78 is 8.65. The molecule has 0 saturated heterocycles. The minimum absolute atomic E-state index is 0.298. The summed E-state index contributed by atoms with van der Waals surface area (Å²) in [7, 11) is 0. The number of rotatable bonds is 4. The van der Waals surface area contributed by atoms with Gasteiger partial charge in [-0.2, -0.15) is 0 Å². The van der Waals surface area contributed by atoms with Gasteiger partial charge in [0, 0.05) is 21.5 Å². The molecule has 2 heterocycles. The monoisotopic (exact) mass is 394 g/mol. The predicted molar refractivity (Wildman–Crippen MR) is 90.5 cm³/mol. The Bertz CT molecular complexity index is 751. The fourth-order valence-electron chi connectivity index (χ4n) is 2.04. The molecule has 3 aromatic rings. The van der Waals surface area contributed by atoms with Crippen molar-refractivity contribution in [3.8, 4) is 17.0 Å². The number of aliphatic hydroxyl groups excluding tert-OH is 1. The second-order valence-electron chi connectivity index (χ2n) is 4.92. The highest BCUT2D eigenvalue weighted by molar-refractivity contribution is 14.1. The molecule has 0 radical (unpaired) electrons. The summed E-state index contributed by atoms with van der Waals surface area (Å²) in [6.07, 6.45) is 3.60. The molecule has 21 heavy (non-hydrogen) atoms. The maximum Gasteiger partial charge on any atom is 0.137 e. The first-order valence-electron chi connectivity index (χ1n) is 6.67. The van der Waals surface area contributed by atoms with Gasteiger partial charge in [0.1, 0.15) is 18.0 Å². The molecule has 0 fully saturated rings. The van der Waals surface area contributed by atoms with Crippen molar-refractivity contribution in [1.29, 1.82) is 0 Å². The highest BCUT2D eigenvalue weighted by Crippen LogP contribution is 2.22. The molecule has 0 spiro atoms. The van der Waals surface area contributed by atoms with Crippen LogP contribution >= 0.6 is 22.6 Å². The van der Waals surface area contributed by atoms with E-state index in [2.05, 4.69) is 27.6 Å². The summed E-state index contributed by atoms with van der Waals surface area (Å²) in [6, 6.07) is 11.8. The van der Waals surface area contributed by atoms with Crippen molar-refractivity contribution in [2.24, 2.45) is 0 Å². The number of hydrogen-bond donors (Lipinski definition) is 1. The number of halogens is 1. The molecule has 1 atom stereocenters. The predicted octanol–water partition coefficient (Wildman–Crippen LogP) is 3.37. The van der Waals surface area contributed by atoms with Crippen LogP contribution in [0.25, 0.3) is 16.9 Å². The number of nitrogens with zero attached hydrogens (tertiary/aromatic N) is 2. The fraction of sp³-hybridized carbons (Fsp3) is 0.188. The van der Waals surface area contributed by atoms with Gasteiger partial charge in [0.2, 0.25) is 0 Å². The van der Waals surface area contributed by atoms with Gasteiger partial charge < -0.3 is 14.2 Å². The molecule has 4 nitrogen and oxygen atoms in total. The maximum atomic E-state index is 9.21. The van der Waals surface area contributed by atoms with E-state index in [0.29, 0.717) is 6.61 Å². The Morgan fingerprint density at radius 3 is 2.67 bits per heavy atom. The van der Waals surface area contributed by atoms with Crippen LogP contribution in [0.15, 0.2) is 48.8 Å². The van der Waals surface area contributed by atoms with Crippen LogP contribution < -0.4 is 4.74 Å². The Morgan fingerprint density at radius 1 is 1.19 bits per heavy atom. The van der Waals surface area contributed by atoms with Crippen molar-refractivity contribution in [2.45, 2.75) is 13.0 Å². The number of hydrogen-bond acceptors (Lipinski definition) is 3. The third-order valence-corrected chi connectivity index (χ3v) is 3.69. The quantitative estimate of drug-likeness (QED) is 0.691. The number of fused-ring (bicyclic) bond motifs is 1. The molecule has 108 valence electrons. The Morgan fingerprint density at radius 2 is 1.95 bits per heavy atom. The molecule has 0 bridgehead atoms. The molecule has 0 aliphatic carbocycles. The van der Waals surface area contributed by atoms with Gasteiger partial charge in [-0.05, 0) is 65.9 Å². The van der Waals surface area contributed by atoms with Crippen LogP contribution in [0.5, 0.6) is 5.75 Å². The summed E-state index contributed by atoms with van der Waals surface area (Å²) in [5, 5.41) is 9.21. The van der Waals surface area contributed by atoms with Gasteiger partial charge in [0.25, 0.3) is 0 Å². The number of imidazole rings is 1. The van der Waals surface area contributed by atoms with Crippen LogP contribution in [0.3, 0.4) is 0 Å². The molecule has 5 heteroatoms. The molecule has 1 N–H and O–H groups in total. The van der Waals surface area contributed by atoms with Gasteiger partial charge in [-0.25, -0.2) is 4.98 Å². The standard InChI is InChI=1S/C16H15IN2O2/c1-11(20)10-21-14-5-2-12(3-6-14)15-9-19-8-13(17)4-7-16(19)18-15/h2-9,11,20H,10H2,1H3. The fourth-order valence-corrected chi connectivity index (χ4v) is 2.52. The Balaban J connectivity index is 1.85. The van der Waals surface area contributed by atoms with E-state index in [-0.39, 0.29) is 0 Å². The second kappa shape index (κ2) is 6.03. The summed E-state index contributed by atoms with van der Waals surface area (Å²) in [4.78, 5) is 4.61. The van der Waals surface area contributed by atoms with E-state index in [1.54, 1.807) is 6.92 Å². The lowest BCUT2D eigenvalue weighted by Crippen LogP contribution is -2.12. The van der Waals surface area contributed by atoms with Crippen LogP contribution in [0.4, 0.5) is 0 Å². The van der Waals surface area contributed by atoms with E-state index in [0.717, 1.165) is 22.7 Å². The third-order valence-electron chi connectivity index (χ3n) is 3.06. The van der Waals surface area contributed by atoms with Crippen molar-refractivity contribution in [3.05, 3.63) is 52.4 Å². The first-order chi connectivity index (χ1) is 10.1. The average Bonchev–Trinajstić information content (AvgIpc) is 2.88. The van der Waals surface area contributed by atoms with Gasteiger partial charge in [-0.3, -0.25) is 0 Å². The van der Waals surface area contributed by atoms with Crippen molar-refractivity contribution < 1.29 is 9.84 Å². The lowest BCUT2D eigenvalue weighted by atomic mass is 10.2. The van der Waals surface area contributed by atoms with Crippen molar-refractivity contribution in [3.63, 3.8) is 0 Å².